The molecule has 0 atom stereocenters. The molecule has 3 aromatic rings. The summed E-state index contributed by atoms with van der Waals surface area (Å²) in [6.45, 7) is 4.14. The molecule has 0 aliphatic rings. The number of hydrogen-bond donors (Lipinski definition) is 0. The normalized spacial score (nSPS) is 10.8. The summed E-state index contributed by atoms with van der Waals surface area (Å²) in [5, 5.41) is 4.58. The Bertz CT molecular complexity index is 742. The van der Waals surface area contributed by atoms with Gasteiger partial charge in [0.15, 0.2) is 0 Å². The first-order valence-electron chi connectivity index (χ1n) is 6.53. The molecule has 100 valence electrons. The first kappa shape index (κ1) is 12.6. The second kappa shape index (κ2) is 4.93. The lowest BCUT2D eigenvalue weighted by Crippen LogP contribution is -1.95. The second-order valence-electron chi connectivity index (χ2n) is 4.94. The van der Waals surface area contributed by atoms with E-state index in [4.69, 9.17) is 0 Å². The lowest BCUT2D eigenvalue weighted by molar-refractivity contribution is 0.627. The van der Waals surface area contributed by atoms with Crippen molar-refractivity contribution in [3.05, 3.63) is 71.7 Å². The van der Waals surface area contributed by atoms with Crippen LogP contribution in [0, 0.1) is 19.7 Å². The van der Waals surface area contributed by atoms with Crippen LogP contribution in [0.4, 0.5) is 4.39 Å². The Balaban J connectivity index is 2.01. The predicted octanol–water partition coefficient (Wildman–Crippen LogP) is 4.30. The van der Waals surface area contributed by atoms with Crippen molar-refractivity contribution >= 4 is 0 Å². The van der Waals surface area contributed by atoms with E-state index in [1.54, 1.807) is 16.8 Å². The molecule has 3 heteroatoms. The first-order chi connectivity index (χ1) is 9.63. The summed E-state index contributed by atoms with van der Waals surface area (Å²) >= 11 is 0. The minimum atomic E-state index is -0.240. The van der Waals surface area contributed by atoms with Gasteiger partial charge >= 0.3 is 0 Å². The number of hydrogen-bond acceptors (Lipinski definition) is 1. The van der Waals surface area contributed by atoms with Crippen molar-refractivity contribution in [3.63, 3.8) is 0 Å². The van der Waals surface area contributed by atoms with Crippen molar-refractivity contribution in [1.82, 2.24) is 9.78 Å². The zero-order valence-electron chi connectivity index (χ0n) is 11.5. The van der Waals surface area contributed by atoms with Crippen LogP contribution in [-0.2, 0) is 0 Å². The Morgan fingerprint density at radius 1 is 0.950 bits per heavy atom. The first-order valence-corrected chi connectivity index (χ1v) is 6.53. The van der Waals surface area contributed by atoms with Crippen molar-refractivity contribution in [2.24, 2.45) is 0 Å². The minimum Gasteiger partial charge on any atom is -0.240 e. The van der Waals surface area contributed by atoms with E-state index in [9.17, 15) is 4.39 Å². The summed E-state index contributed by atoms with van der Waals surface area (Å²) in [6, 6.07) is 14.6. The van der Waals surface area contributed by atoms with E-state index in [1.165, 1.54) is 23.3 Å². The molecule has 0 saturated carbocycles. The van der Waals surface area contributed by atoms with Gasteiger partial charge in [0, 0.05) is 11.8 Å². The molecule has 1 heterocycles. The van der Waals surface area contributed by atoms with Crippen LogP contribution in [0.3, 0.4) is 0 Å². The van der Waals surface area contributed by atoms with Crippen molar-refractivity contribution in [2.45, 2.75) is 13.8 Å². The fourth-order valence-electron chi connectivity index (χ4n) is 2.22. The summed E-state index contributed by atoms with van der Waals surface area (Å²) in [7, 11) is 0. The van der Waals surface area contributed by atoms with E-state index >= 15 is 0 Å². The van der Waals surface area contributed by atoms with Gasteiger partial charge in [-0.05, 0) is 55.8 Å². The quantitative estimate of drug-likeness (QED) is 0.676. The fraction of sp³-hybridized carbons (Fsp3) is 0.118. The molecule has 0 radical (unpaired) electrons. The van der Waals surface area contributed by atoms with Gasteiger partial charge in [-0.15, -0.1) is 0 Å². The number of aromatic nitrogens is 2. The molecule has 0 unspecified atom stereocenters. The van der Waals surface area contributed by atoms with Gasteiger partial charge in [-0.3, -0.25) is 0 Å². The molecule has 3 rings (SSSR count). The minimum absolute atomic E-state index is 0.240. The lowest BCUT2D eigenvalue weighted by atomic mass is 10.0. The molecular weight excluding hydrogens is 251 g/mol. The van der Waals surface area contributed by atoms with E-state index in [0.717, 1.165) is 16.9 Å². The molecule has 1 aromatic heterocycles. The third-order valence-corrected chi connectivity index (χ3v) is 3.35. The van der Waals surface area contributed by atoms with Crippen LogP contribution in [0.1, 0.15) is 11.1 Å². The van der Waals surface area contributed by atoms with E-state index in [-0.39, 0.29) is 5.82 Å². The maximum atomic E-state index is 12.9. The Morgan fingerprint density at radius 3 is 2.45 bits per heavy atom. The van der Waals surface area contributed by atoms with Gasteiger partial charge in [-0.1, -0.05) is 17.7 Å². The van der Waals surface area contributed by atoms with E-state index in [0.29, 0.717) is 0 Å². The smallest absolute Gasteiger partial charge is 0.123 e. The zero-order valence-corrected chi connectivity index (χ0v) is 11.5. The molecule has 0 aliphatic heterocycles. The Kier molecular flexibility index (Phi) is 3.11. The van der Waals surface area contributed by atoms with Crippen molar-refractivity contribution in [3.8, 4) is 16.9 Å². The standard InChI is InChI=1S/C17H15FN2/c1-12-3-4-13(2)16(11-12)17-9-10-20(19-17)15-7-5-14(18)6-8-15/h3-11H,1-2H3. The van der Waals surface area contributed by atoms with Gasteiger partial charge in [-0.2, -0.15) is 5.10 Å². The SMILES string of the molecule is Cc1ccc(C)c(-c2ccn(-c3ccc(F)cc3)n2)c1. The summed E-state index contributed by atoms with van der Waals surface area (Å²) in [6.07, 6.45) is 1.89. The highest BCUT2D eigenvalue weighted by Gasteiger charge is 2.07. The Hall–Kier alpha value is -2.42. The van der Waals surface area contributed by atoms with Gasteiger partial charge in [0.05, 0.1) is 11.4 Å². The van der Waals surface area contributed by atoms with Crippen LogP contribution in [0.15, 0.2) is 54.7 Å². The molecule has 0 aliphatic carbocycles. The predicted molar refractivity (Wildman–Crippen MR) is 78.4 cm³/mol. The summed E-state index contributed by atoms with van der Waals surface area (Å²) in [5.41, 5.74) is 5.31. The topological polar surface area (TPSA) is 17.8 Å². The number of nitrogens with zero attached hydrogens (tertiary/aromatic N) is 2. The summed E-state index contributed by atoms with van der Waals surface area (Å²) in [5.74, 6) is -0.240. The van der Waals surface area contributed by atoms with Crippen LogP contribution in [0.2, 0.25) is 0 Å². The van der Waals surface area contributed by atoms with Crippen LogP contribution >= 0.6 is 0 Å². The number of benzene rings is 2. The van der Waals surface area contributed by atoms with Crippen LogP contribution in [0.25, 0.3) is 16.9 Å². The van der Waals surface area contributed by atoms with E-state index in [2.05, 4.69) is 37.1 Å². The fourth-order valence-corrected chi connectivity index (χ4v) is 2.22. The molecule has 0 N–H and O–H groups in total. The van der Waals surface area contributed by atoms with E-state index in [1.807, 2.05) is 12.3 Å². The average Bonchev–Trinajstić information content (AvgIpc) is 2.92. The average molecular weight is 266 g/mol. The number of halogens is 1. The largest absolute Gasteiger partial charge is 0.240 e. The molecule has 0 spiro atoms. The van der Waals surface area contributed by atoms with Gasteiger partial charge in [-0.25, -0.2) is 9.07 Å². The highest BCUT2D eigenvalue weighted by Crippen LogP contribution is 2.23. The molecule has 0 amide bonds. The van der Waals surface area contributed by atoms with Gasteiger partial charge in [0.1, 0.15) is 5.82 Å². The monoisotopic (exact) mass is 266 g/mol. The molecule has 2 nitrogen and oxygen atoms in total. The zero-order chi connectivity index (χ0) is 14.1. The molecular formula is C17H15FN2. The molecule has 20 heavy (non-hydrogen) atoms. The van der Waals surface area contributed by atoms with Crippen LogP contribution in [-0.4, -0.2) is 9.78 Å². The Labute approximate surface area is 117 Å². The molecule has 0 saturated heterocycles. The number of aryl methyl sites for hydroxylation is 2. The highest BCUT2D eigenvalue weighted by molar-refractivity contribution is 5.64. The van der Waals surface area contributed by atoms with Crippen molar-refractivity contribution in [1.29, 1.82) is 0 Å². The maximum Gasteiger partial charge on any atom is 0.123 e. The molecule has 0 bridgehead atoms. The molecule has 2 aromatic carbocycles. The second-order valence-corrected chi connectivity index (χ2v) is 4.94. The van der Waals surface area contributed by atoms with Crippen molar-refractivity contribution in [2.75, 3.05) is 0 Å². The van der Waals surface area contributed by atoms with Crippen LogP contribution < -0.4 is 0 Å². The summed E-state index contributed by atoms with van der Waals surface area (Å²) < 4.78 is 14.7. The van der Waals surface area contributed by atoms with Crippen LogP contribution in [0.5, 0.6) is 0 Å². The van der Waals surface area contributed by atoms with Crippen molar-refractivity contribution < 1.29 is 4.39 Å². The van der Waals surface area contributed by atoms with Gasteiger partial charge < -0.3 is 0 Å². The molecule has 0 fully saturated rings. The maximum absolute atomic E-state index is 12.9. The summed E-state index contributed by atoms with van der Waals surface area (Å²) in [4.78, 5) is 0. The highest BCUT2D eigenvalue weighted by atomic mass is 19.1. The number of rotatable bonds is 2. The van der Waals surface area contributed by atoms with Gasteiger partial charge in [0.2, 0.25) is 0 Å². The van der Waals surface area contributed by atoms with E-state index < -0.39 is 0 Å². The third-order valence-electron chi connectivity index (χ3n) is 3.35. The third kappa shape index (κ3) is 2.35. The Morgan fingerprint density at radius 2 is 1.70 bits per heavy atom. The van der Waals surface area contributed by atoms with Gasteiger partial charge in [0.25, 0.3) is 0 Å². The lowest BCUT2D eigenvalue weighted by Gasteiger charge is -2.04.